The van der Waals surface area contributed by atoms with Gasteiger partial charge in [0.2, 0.25) is 0 Å². The van der Waals surface area contributed by atoms with Gasteiger partial charge >= 0.3 is 0 Å². The summed E-state index contributed by atoms with van der Waals surface area (Å²) >= 11 is 0. The molecule has 1 aromatic rings. The van der Waals surface area contributed by atoms with Gasteiger partial charge in [-0.2, -0.15) is 0 Å². The molecule has 0 aromatic heterocycles. The highest BCUT2D eigenvalue weighted by Gasteiger charge is 2.20. The number of guanidine groups is 1. The Morgan fingerprint density at radius 2 is 2.04 bits per heavy atom. The number of rotatable bonds is 9. The third kappa shape index (κ3) is 7.73. The van der Waals surface area contributed by atoms with Crippen molar-refractivity contribution in [2.45, 2.75) is 51.9 Å². The van der Waals surface area contributed by atoms with Gasteiger partial charge in [0.25, 0.3) is 0 Å². The van der Waals surface area contributed by atoms with Crippen LogP contribution in [-0.2, 0) is 4.74 Å². The maximum absolute atomic E-state index is 13.8. The Kier molecular flexibility index (Phi) is 9.67. The lowest BCUT2D eigenvalue weighted by molar-refractivity contribution is 0.0532. The summed E-state index contributed by atoms with van der Waals surface area (Å²) in [6.45, 7) is 10.7. The van der Waals surface area contributed by atoms with Crippen LogP contribution in [0.5, 0.6) is 0 Å². The smallest absolute Gasteiger partial charge is 0.191 e. The molecule has 0 spiro atoms. The number of aliphatic hydroxyl groups excluding tert-OH is 1. The van der Waals surface area contributed by atoms with Crippen LogP contribution in [0.15, 0.2) is 29.3 Å². The Morgan fingerprint density at radius 1 is 1.32 bits per heavy atom. The van der Waals surface area contributed by atoms with Gasteiger partial charge in [0, 0.05) is 37.8 Å². The first-order chi connectivity index (χ1) is 13.5. The predicted octanol–water partition coefficient (Wildman–Crippen LogP) is 2.30. The molecule has 6 nitrogen and oxygen atoms in total. The molecule has 158 valence electrons. The monoisotopic (exact) mass is 394 g/mol. The Bertz CT molecular complexity index is 604. The third-order valence-corrected chi connectivity index (χ3v) is 4.82. The summed E-state index contributed by atoms with van der Waals surface area (Å²) in [4.78, 5) is 6.88. The predicted molar refractivity (Wildman–Crippen MR) is 111 cm³/mol. The molecule has 1 atom stereocenters. The van der Waals surface area contributed by atoms with E-state index in [1.54, 1.807) is 18.2 Å². The van der Waals surface area contributed by atoms with Crippen molar-refractivity contribution in [3.63, 3.8) is 0 Å². The van der Waals surface area contributed by atoms with Gasteiger partial charge in [0.15, 0.2) is 5.96 Å². The van der Waals surface area contributed by atoms with Crippen molar-refractivity contribution < 1.29 is 14.2 Å². The fourth-order valence-corrected chi connectivity index (χ4v) is 3.25. The number of benzene rings is 1. The first-order valence-electron chi connectivity index (χ1n) is 10.3. The molecule has 1 saturated heterocycles. The molecule has 0 saturated carbocycles. The first kappa shape index (κ1) is 22.6. The summed E-state index contributed by atoms with van der Waals surface area (Å²) in [7, 11) is 0. The van der Waals surface area contributed by atoms with Gasteiger partial charge in [0.05, 0.1) is 19.3 Å². The highest BCUT2D eigenvalue weighted by atomic mass is 19.1. The maximum atomic E-state index is 13.8. The van der Waals surface area contributed by atoms with Crippen molar-refractivity contribution in [1.29, 1.82) is 0 Å². The molecule has 1 fully saturated rings. The molecule has 1 aromatic carbocycles. The van der Waals surface area contributed by atoms with E-state index in [-0.39, 0.29) is 18.2 Å². The molecule has 28 heavy (non-hydrogen) atoms. The minimum Gasteiger partial charge on any atom is -0.386 e. The van der Waals surface area contributed by atoms with Gasteiger partial charge in [-0.3, -0.25) is 4.99 Å². The molecule has 3 N–H and O–H groups in total. The molecule has 2 rings (SSSR count). The normalized spacial score (nSPS) is 17.7. The maximum Gasteiger partial charge on any atom is 0.191 e. The molecule has 1 aliphatic heterocycles. The van der Waals surface area contributed by atoms with Crippen LogP contribution in [0.3, 0.4) is 0 Å². The van der Waals surface area contributed by atoms with Crippen LogP contribution in [0, 0.1) is 5.82 Å². The van der Waals surface area contributed by atoms with Crippen LogP contribution in [0.1, 0.15) is 45.3 Å². The second kappa shape index (κ2) is 12.0. The topological polar surface area (TPSA) is 69.1 Å². The number of piperidine rings is 1. The van der Waals surface area contributed by atoms with Crippen LogP contribution in [-0.4, -0.2) is 67.4 Å². The Labute approximate surface area is 168 Å². The van der Waals surface area contributed by atoms with E-state index in [9.17, 15) is 9.50 Å². The number of nitrogens with zero attached hydrogens (tertiary/aromatic N) is 2. The average molecular weight is 395 g/mol. The second-order valence-corrected chi connectivity index (χ2v) is 7.44. The van der Waals surface area contributed by atoms with E-state index in [4.69, 9.17) is 4.74 Å². The Balaban J connectivity index is 1.81. The lowest BCUT2D eigenvalue weighted by atomic mass is 10.1. The summed E-state index contributed by atoms with van der Waals surface area (Å²) in [5, 5.41) is 16.9. The number of nitrogens with one attached hydrogen (secondary N) is 2. The zero-order chi connectivity index (χ0) is 20.4. The molecule has 1 unspecified atom stereocenters. The van der Waals surface area contributed by atoms with Gasteiger partial charge < -0.3 is 25.4 Å². The van der Waals surface area contributed by atoms with E-state index in [1.165, 1.54) is 6.07 Å². The third-order valence-electron chi connectivity index (χ3n) is 4.82. The first-order valence-corrected chi connectivity index (χ1v) is 10.3. The summed E-state index contributed by atoms with van der Waals surface area (Å²) < 4.78 is 19.4. The lowest BCUT2D eigenvalue weighted by Crippen LogP contribution is -2.49. The largest absolute Gasteiger partial charge is 0.386 e. The summed E-state index contributed by atoms with van der Waals surface area (Å²) in [5.41, 5.74) is 0.277. The Hall–Kier alpha value is -1.70. The fourth-order valence-electron chi connectivity index (χ4n) is 3.25. The number of ether oxygens (including phenoxy) is 1. The van der Waals surface area contributed by atoms with Crippen LogP contribution in [0.2, 0.25) is 0 Å². The van der Waals surface area contributed by atoms with Gasteiger partial charge in [-0.1, -0.05) is 18.2 Å². The minimum absolute atomic E-state index is 0.113. The minimum atomic E-state index is -0.959. The van der Waals surface area contributed by atoms with E-state index in [0.717, 1.165) is 45.6 Å². The fraction of sp³-hybridized carbons (Fsp3) is 0.667. The number of hydrogen-bond donors (Lipinski definition) is 3. The van der Waals surface area contributed by atoms with E-state index in [2.05, 4.69) is 34.4 Å². The van der Waals surface area contributed by atoms with Gasteiger partial charge in [-0.05, 0) is 39.7 Å². The van der Waals surface area contributed by atoms with Gasteiger partial charge in [0.1, 0.15) is 11.9 Å². The van der Waals surface area contributed by atoms with Crippen molar-refractivity contribution in [2.75, 3.05) is 39.3 Å². The van der Waals surface area contributed by atoms with Crippen LogP contribution in [0.25, 0.3) is 0 Å². The van der Waals surface area contributed by atoms with Crippen molar-refractivity contribution >= 4 is 5.96 Å². The quantitative estimate of drug-likeness (QED) is 0.443. The van der Waals surface area contributed by atoms with Crippen LogP contribution in [0.4, 0.5) is 4.39 Å². The van der Waals surface area contributed by atoms with Crippen molar-refractivity contribution in [1.82, 2.24) is 15.5 Å². The molecule has 0 bridgehead atoms. The van der Waals surface area contributed by atoms with Crippen LogP contribution >= 0.6 is 0 Å². The van der Waals surface area contributed by atoms with Crippen molar-refractivity contribution in [3.05, 3.63) is 35.6 Å². The molecular weight excluding hydrogens is 359 g/mol. The summed E-state index contributed by atoms with van der Waals surface area (Å²) in [6.07, 6.45) is 1.38. The molecular formula is C21H35FN4O2. The summed E-state index contributed by atoms with van der Waals surface area (Å²) in [6, 6.07) is 6.61. The molecule has 7 heteroatoms. The Morgan fingerprint density at radius 3 is 2.68 bits per heavy atom. The highest BCUT2D eigenvalue weighted by molar-refractivity contribution is 5.80. The molecule has 0 amide bonds. The number of aliphatic hydroxyl groups is 1. The van der Waals surface area contributed by atoms with Crippen LogP contribution < -0.4 is 10.6 Å². The van der Waals surface area contributed by atoms with Gasteiger partial charge in [-0.15, -0.1) is 0 Å². The van der Waals surface area contributed by atoms with E-state index < -0.39 is 11.9 Å². The van der Waals surface area contributed by atoms with E-state index >= 15 is 0 Å². The molecule has 1 heterocycles. The summed E-state index contributed by atoms with van der Waals surface area (Å²) in [5.74, 6) is 0.261. The molecule has 0 aliphatic carbocycles. The zero-order valence-electron chi connectivity index (χ0n) is 17.3. The standard InChI is InChI=1S/C21H35FN4O2/c1-4-23-21(24-15-20(27)18-7-5-6-8-19(18)22)25-17-9-11-26(12-10-17)13-14-28-16(2)3/h5-8,16-17,20,27H,4,9-15H2,1-3H3,(H2,23,24,25). The SMILES string of the molecule is CCNC(=NCC(O)c1ccccc1F)NC1CCN(CCOC(C)C)CC1. The number of aliphatic imine (C=N–C) groups is 1. The lowest BCUT2D eigenvalue weighted by Gasteiger charge is -2.33. The second-order valence-electron chi connectivity index (χ2n) is 7.44. The number of likely N-dealkylation sites (tertiary alicyclic amines) is 1. The molecule has 0 radical (unpaired) electrons. The van der Waals surface area contributed by atoms with Gasteiger partial charge in [-0.25, -0.2) is 4.39 Å². The average Bonchev–Trinajstić information content (AvgIpc) is 2.67. The van der Waals surface area contributed by atoms with E-state index in [0.29, 0.717) is 12.0 Å². The van der Waals surface area contributed by atoms with Crippen molar-refractivity contribution in [2.24, 2.45) is 4.99 Å². The number of halogens is 1. The molecule has 1 aliphatic rings. The number of hydrogen-bond acceptors (Lipinski definition) is 4. The van der Waals surface area contributed by atoms with E-state index in [1.807, 2.05) is 6.92 Å². The highest BCUT2D eigenvalue weighted by Crippen LogP contribution is 2.17. The van der Waals surface area contributed by atoms with Crippen molar-refractivity contribution in [3.8, 4) is 0 Å². The zero-order valence-corrected chi connectivity index (χ0v) is 17.3.